The van der Waals surface area contributed by atoms with Gasteiger partial charge in [-0.2, -0.15) is 0 Å². The van der Waals surface area contributed by atoms with Crippen LogP contribution < -0.4 is 0 Å². The summed E-state index contributed by atoms with van der Waals surface area (Å²) in [6.45, 7) is 6.19. The fourth-order valence-electron chi connectivity index (χ4n) is 4.70. The lowest BCUT2D eigenvalue weighted by Crippen LogP contribution is -2.45. The van der Waals surface area contributed by atoms with Gasteiger partial charge in [0, 0.05) is 11.8 Å². The van der Waals surface area contributed by atoms with E-state index in [4.69, 9.17) is 14.2 Å². The number of carbonyl (C=O) groups excluding carboxylic acids is 3. The smallest absolute Gasteiger partial charge is 0.309 e. The highest BCUT2D eigenvalue weighted by molar-refractivity contribution is 5.75. The highest BCUT2D eigenvalue weighted by atomic mass is 16.6. The Hall–Kier alpha value is -1.59. The van der Waals surface area contributed by atoms with Gasteiger partial charge in [0.25, 0.3) is 6.47 Å². The fourth-order valence-corrected chi connectivity index (χ4v) is 4.70. The van der Waals surface area contributed by atoms with Crippen LogP contribution in [0.1, 0.15) is 59.3 Å². The van der Waals surface area contributed by atoms with Crippen LogP contribution >= 0.6 is 0 Å². The third-order valence-electron chi connectivity index (χ3n) is 6.58. The minimum Gasteiger partial charge on any atom is -0.462 e. The van der Waals surface area contributed by atoms with Gasteiger partial charge >= 0.3 is 11.9 Å². The van der Waals surface area contributed by atoms with Gasteiger partial charge in [0.15, 0.2) is 0 Å². The van der Waals surface area contributed by atoms with Gasteiger partial charge in [-0.05, 0) is 44.4 Å². The summed E-state index contributed by atoms with van der Waals surface area (Å²) in [5, 5.41) is 0. The van der Waals surface area contributed by atoms with Gasteiger partial charge in [-0.3, -0.25) is 14.4 Å². The van der Waals surface area contributed by atoms with Crippen LogP contribution in [-0.2, 0) is 28.6 Å². The highest BCUT2D eigenvalue weighted by Gasteiger charge is 2.58. The molecule has 0 spiro atoms. The minimum absolute atomic E-state index is 0.0330. The standard InChI is InChI=1S/C20H30O6/c1-11(2)12(3)19(22)26-18-15-8-13(17(18)24-10-21)9-16(15)20(23)25-14-6-4-5-7-14/h10-18H,4-9H2,1-3H3. The Labute approximate surface area is 154 Å². The summed E-state index contributed by atoms with van der Waals surface area (Å²) >= 11 is 0. The SMILES string of the molecule is CC(C)C(C)C(=O)OC1C2CC(CC2C(=O)OC2CCCC2)C1OC=O. The predicted molar refractivity (Wildman–Crippen MR) is 92.9 cm³/mol. The van der Waals surface area contributed by atoms with Crippen LogP contribution in [-0.4, -0.2) is 36.7 Å². The molecule has 3 aliphatic carbocycles. The quantitative estimate of drug-likeness (QED) is 0.392. The van der Waals surface area contributed by atoms with E-state index in [1.807, 2.05) is 20.8 Å². The summed E-state index contributed by atoms with van der Waals surface area (Å²) in [6, 6.07) is 0. The molecule has 0 saturated heterocycles. The van der Waals surface area contributed by atoms with Crippen LogP contribution in [0.25, 0.3) is 0 Å². The van der Waals surface area contributed by atoms with Crippen molar-refractivity contribution in [2.24, 2.45) is 29.6 Å². The van der Waals surface area contributed by atoms with Crippen molar-refractivity contribution in [1.29, 1.82) is 0 Å². The van der Waals surface area contributed by atoms with E-state index >= 15 is 0 Å². The summed E-state index contributed by atoms with van der Waals surface area (Å²) in [5.41, 5.74) is 0. The van der Waals surface area contributed by atoms with E-state index in [0.717, 1.165) is 32.1 Å². The third kappa shape index (κ3) is 3.74. The predicted octanol–water partition coefficient (Wildman–Crippen LogP) is 2.87. The number of rotatable bonds is 7. The van der Waals surface area contributed by atoms with Gasteiger partial charge in [-0.15, -0.1) is 0 Å². The van der Waals surface area contributed by atoms with E-state index in [0.29, 0.717) is 12.9 Å². The number of fused-ring (bicyclic) bond motifs is 2. The van der Waals surface area contributed by atoms with Crippen LogP contribution in [0.4, 0.5) is 0 Å². The molecular formula is C20H30O6. The lowest BCUT2D eigenvalue weighted by molar-refractivity contribution is -0.178. The summed E-state index contributed by atoms with van der Waals surface area (Å²) in [5.74, 6) is -0.878. The van der Waals surface area contributed by atoms with Crippen LogP contribution in [0.3, 0.4) is 0 Å². The summed E-state index contributed by atoms with van der Waals surface area (Å²) in [6.07, 6.45) is 4.51. The largest absolute Gasteiger partial charge is 0.462 e. The molecule has 146 valence electrons. The molecule has 0 aromatic heterocycles. The first-order chi connectivity index (χ1) is 12.4. The molecule has 6 nitrogen and oxygen atoms in total. The maximum atomic E-state index is 12.7. The molecule has 0 heterocycles. The monoisotopic (exact) mass is 366 g/mol. The molecule has 3 saturated carbocycles. The molecule has 0 N–H and O–H groups in total. The van der Waals surface area contributed by atoms with Crippen molar-refractivity contribution in [1.82, 2.24) is 0 Å². The number of hydrogen-bond donors (Lipinski definition) is 0. The van der Waals surface area contributed by atoms with Gasteiger partial charge in [0.2, 0.25) is 0 Å². The molecule has 3 fully saturated rings. The van der Waals surface area contributed by atoms with Crippen LogP contribution in [0.15, 0.2) is 0 Å². The van der Waals surface area contributed by atoms with E-state index < -0.39 is 12.2 Å². The van der Waals surface area contributed by atoms with E-state index in [1.54, 1.807) is 0 Å². The Morgan fingerprint density at radius 1 is 1.00 bits per heavy atom. The van der Waals surface area contributed by atoms with Crippen molar-refractivity contribution < 1.29 is 28.6 Å². The molecule has 2 bridgehead atoms. The average Bonchev–Trinajstić information content (AvgIpc) is 3.32. The van der Waals surface area contributed by atoms with Crippen molar-refractivity contribution in [3.05, 3.63) is 0 Å². The van der Waals surface area contributed by atoms with E-state index in [9.17, 15) is 14.4 Å². The lowest BCUT2D eigenvalue weighted by atomic mass is 9.84. The molecule has 6 unspecified atom stereocenters. The third-order valence-corrected chi connectivity index (χ3v) is 6.58. The molecule has 0 radical (unpaired) electrons. The normalized spacial score (nSPS) is 34.7. The van der Waals surface area contributed by atoms with Crippen molar-refractivity contribution in [2.45, 2.75) is 77.6 Å². The van der Waals surface area contributed by atoms with Gasteiger partial charge in [-0.25, -0.2) is 0 Å². The number of ether oxygens (including phenoxy) is 3. The summed E-state index contributed by atoms with van der Waals surface area (Å²) < 4.78 is 16.7. The maximum Gasteiger partial charge on any atom is 0.309 e. The number of hydrogen-bond acceptors (Lipinski definition) is 6. The molecule has 0 aliphatic heterocycles. The Morgan fingerprint density at radius 3 is 2.31 bits per heavy atom. The van der Waals surface area contributed by atoms with Gasteiger partial charge in [0.1, 0.15) is 18.3 Å². The Kier molecular flexibility index (Phi) is 5.88. The van der Waals surface area contributed by atoms with E-state index in [1.165, 1.54) is 0 Å². The van der Waals surface area contributed by atoms with Crippen LogP contribution in [0.5, 0.6) is 0 Å². The van der Waals surface area contributed by atoms with Crippen LogP contribution in [0.2, 0.25) is 0 Å². The minimum atomic E-state index is -0.547. The second-order valence-electron chi connectivity index (χ2n) is 8.48. The fraction of sp³-hybridized carbons (Fsp3) is 0.850. The van der Waals surface area contributed by atoms with Crippen LogP contribution in [0, 0.1) is 29.6 Å². The molecule has 0 amide bonds. The molecule has 3 aliphatic rings. The molecule has 26 heavy (non-hydrogen) atoms. The molecular weight excluding hydrogens is 336 g/mol. The zero-order valence-corrected chi connectivity index (χ0v) is 15.9. The van der Waals surface area contributed by atoms with Gasteiger partial charge in [-0.1, -0.05) is 20.8 Å². The van der Waals surface area contributed by atoms with Crippen molar-refractivity contribution in [2.75, 3.05) is 0 Å². The van der Waals surface area contributed by atoms with Crippen molar-refractivity contribution >= 4 is 18.4 Å². The number of esters is 2. The Balaban J connectivity index is 1.68. The molecule has 6 atom stereocenters. The van der Waals surface area contributed by atoms with Gasteiger partial charge < -0.3 is 14.2 Å². The molecule has 0 aromatic carbocycles. The van der Waals surface area contributed by atoms with E-state index in [-0.39, 0.29) is 47.6 Å². The first-order valence-electron chi connectivity index (χ1n) is 9.92. The molecule has 3 rings (SSSR count). The summed E-state index contributed by atoms with van der Waals surface area (Å²) in [7, 11) is 0. The first-order valence-corrected chi connectivity index (χ1v) is 9.92. The Morgan fingerprint density at radius 2 is 1.69 bits per heavy atom. The zero-order chi connectivity index (χ0) is 18.8. The van der Waals surface area contributed by atoms with E-state index in [2.05, 4.69) is 0 Å². The second-order valence-corrected chi connectivity index (χ2v) is 8.48. The Bertz CT molecular complexity index is 538. The van der Waals surface area contributed by atoms with Crippen molar-refractivity contribution in [3.8, 4) is 0 Å². The number of carbonyl (C=O) groups is 3. The first kappa shape index (κ1) is 19.2. The lowest BCUT2D eigenvalue weighted by Gasteiger charge is -2.34. The van der Waals surface area contributed by atoms with Gasteiger partial charge in [0.05, 0.1) is 11.8 Å². The van der Waals surface area contributed by atoms with Crippen molar-refractivity contribution in [3.63, 3.8) is 0 Å². The zero-order valence-electron chi connectivity index (χ0n) is 15.9. The topological polar surface area (TPSA) is 78.9 Å². The molecule has 0 aromatic rings. The molecule has 6 heteroatoms. The second kappa shape index (κ2) is 7.97. The maximum absolute atomic E-state index is 12.7. The summed E-state index contributed by atoms with van der Waals surface area (Å²) in [4.78, 5) is 36.0. The highest BCUT2D eigenvalue weighted by Crippen LogP contribution is 2.51. The average molecular weight is 366 g/mol.